The number of amides is 1. The molecular weight excluding hydrogens is 399 g/mol. The van der Waals surface area contributed by atoms with Crippen LogP contribution in [0.1, 0.15) is 17.3 Å². The lowest BCUT2D eigenvalue weighted by Gasteiger charge is -2.36. The van der Waals surface area contributed by atoms with Crippen LogP contribution in [-0.4, -0.2) is 50.6 Å². The monoisotopic (exact) mass is 422 g/mol. The highest BCUT2D eigenvalue weighted by molar-refractivity contribution is 6.37. The van der Waals surface area contributed by atoms with E-state index < -0.39 is 0 Å². The highest BCUT2D eigenvalue weighted by atomic mass is 35.5. The van der Waals surface area contributed by atoms with Crippen molar-refractivity contribution in [2.45, 2.75) is 6.92 Å². The number of likely N-dealkylation sites (N-methyl/N-ethyl adjacent to an activating group) is 1. The first-order chi connectivity index (χ1) is 13.4. The standard InChI is InChI=1S/C20H24Cl2N4O2/c1-3-25-6-8-26(9-7-25)18-5-4-14(12-17(18)23)24-20(27)13-10-15(21)19(28-2)16(22)11-13/h4-5,10-12H,3,6-9,23H2,1-2H3,(H,24,27). The maximum atomic E-state index is 12.6. The van der Waals surface area contributed by atoms with E-state index in [9.17, 15) is 4.79 Å². The molecule has 0 spiro atoms. The third-order valence-electron chi connectivity index (χ3n) is 4.91. The van der Waals surface area contributed by atoms with Crippen LogP contribution < -0.4 is 20.7 Å². The number of hydrogen-bond acceptors (Lipinski definition) is 5. The molecule has 3 N–H and O–H groups in total. The van der Waals surface area contributed by atoms with E-state index in [2.05, 4.69) is 22.0 Å². The number of hydrogen-bond donors (Lipinski definition) is 2. The van der Waals surface area contributed by atoms with Gasteiger partial charge in [0.15, 0.2) is 5.75 Å². The largest absolute Gasteiger partial charge is 0.494 e. The van der Waals surface area contributed by atoms with E-state index in [0.717, 1.165) is 38.4 Å². The van der Waals surface area contributed by atoms with Crippen molar-refractivity contribution in [2.24, 2.45) is 0 Å². The van der Waals surface area contributed by atoms with Gasteiger partial charge in [-0.2, -0.15) is 0 Å². The second-order valence-corrected chi connectivity index (χ2v) is 7.44. The molecule has 150 valence electrons. The number of nitrogen functional groups attached to an aromatic ring is 1. The van der Waals surface area contributed by atoms with Crippen molar-refractivity contribution >= 4 is 46.2 Å². The number of piperazine rings is 1. The minimum atomic E-state index is -0.324. The predicted molar refractivity (Wildman–Crippen MR) is 116 cm³/mol. The van der Waals surface area contributed by atoms with Gasteiger partial charge in [0, 0.05) is 37.4 Å². The molecule has 1 fully saturated rings. The minimum Gasteiger partial charge on any atom is -0.494 e. The van der Waals surface area contributed by atoms with Gasteiger partial charge in [-0.1, -0.05) is 30.1 Å². The van der Waals surface area contributed by atoms with E-state index in [0.29, 0.717) is 22.7 Å². The van der Waals surface area contributed by atoms with Gasteiger partial charge in [0.25, 0.3) is 5.91 Å². The fourth-order valence-corrected chi connectivity index (χ4v) is 3.96. The van der Waals surface area contributed by atoms with Crippen molar-refractivity contribution in [3.8, 4) is 5.75 Å². The van der Waals surface area contributed by atoms with Crippen molar-refractivity contribution < 1.29 is 9.53 Å². The molecule has 0 bridgehead atoms. The number of nitrogens with two attached hydrogens (primary N) is 1. The summed E-state index contributed by atoms with van der Waals surface area (Å²) in [6.45, 7) is 7.15. The van der Waals surface area contributed by atoms with Crippen molar-refractivity contribution in [2.75, 3.05) is 55.8 Å². The Bertz CT molecular complexity index is 844. The summed E-state index contributed by atoms with van der Waals surface area (Å²) in [5, 5.41) is 3.39. The molecule has 1 aliphatic rings. The summed E-state index contributed by atoms with van der Waals surface area (Å²) in [4.78, 5) is 17.2. The van der Waals surface area contributed by atoms with Crippen LogP contribution in [0.2, 0.25) is 10.0 Å². The number of nitrogens with zero attached hydrogens (tertiary/aromatic N) is 2. The lowest BCUT2D eigenvalue weighted by atomic mass is 10.1. The van der Waals surface area contributed by atoms with Gasteiger partial charge in [0.05, 0.1) is 28.5 Å². The van der Waals surface area contributed by atoms with Crippen LogP contribution in [0, 0.1) is 0 Å². The average molecular weight is 423 g/mol. The van der Waals surface area contributed by atoms with Crippen LogP contribution in [0.15, 0.2) is 30.3 Å². The molecule has 1 saturated heterocycles. The number of anilines is 3. The van der Waals surface area contributed by atoms with Crippen LogP contribution in [0.5, 0.6) is 5.75 Å². The number of methoxy groups -OCH3 is 1. The minimum absolute atomic E-state index is 0.279. The Morgan fingerprint density at radius 1 is 1.14 bits per heavy atom. The van der Waals surface area contributed by atoms with E-state index in [4.69, 9.17) is 33.7 Å². The summed E-state index contributed by atoms with van der Waals surface area (Å²) >= 11 is 12.2. The number of halogens is 2. The number of benzene rings is 2. The summed E-state index contributed by atoms with van der Waals surface area (Å²) < 4.78 is 5.11. The Kier molecular flexibility index (Phi) is 6.54. The number of rotatable bonds is 5. The van der Waals surface area contributed by atoms with Gasteiger partial charge in [0.2, 0.25) is 0 Å². The molecule has 1 heterocycles. The topological polar surface area (TPSA) is 70.8 Å². The van der Waals surface area contributed by atoms with Crippen molar-refractivity contribution in [3.63, 3.8) is 0 Å². The molecule has 0 unspecified atom stereocenters. The second kappa shape index (κ2) is 8.90. The van der Waals surface area contributed by atoms with E-state index >= 15 is 0 Å². The van der Waals surface area contributed by atoms with Crippen molar-refractivity contribution in [1.82, 2.24) is 4.90 Å². The van der Waals surface area contributed by atoms with Crippen molar-refractivity contribution in [3.05, 3.63) is 45.9 Å². The van der Waals surface area contributed by atoms with Crippen LogP contribution in [-0.2, 0) is 0 Å². The summed E-state index contributed by atoms with van der Waals surface area (Å²) in [5.74, 6) is 0.0202. The quantitative estimate of drug-likeness (QED) is 0.712. The van der Waals surface area contributed by atoms with Gasteiger partial charge in [0.1, 0.15) is 0 Å². The van der Waals surface area contributed by atoms with Gasteiger partial charge >= 0.3 is 0 Å². The number of carbonyl (C=O) groups is 1. The van der Waals surface area contributed by atoms with E-state index in [1.807, 2.05) is 12.1 Å². The highest BCUT2D eigenvalue weighted by Gasteiger charge is 2.18. The molecule has 1 aliphatic heterocycles. The fraction of sp³-hybridized carbons (Fsp3) is 0.350. The third kappa shape index (κ3) is 4.46. The second-order valence-electron chi connectivity index (χ2n) is 6.62. The van der Waals surface area contributed by atoms with Gasteiger partial charge in [-0.15, -0.1) is 0 Å². The molecule has 6 nitrogen and oxygen atoms in total. The number of nitrogens with one attached hydrogen (secondary N) is 1. The summed E-state index contributed by atoms with van der Waals surface area (Å²) in [6, 6.07) is 8.61. The lowest BCUT2D eigenvalue weighted by molar-refractivity contribution is 0.102. The first-order valence-corrected chi connectivity index (χ1v) is 9.89. The van der Waals surface area contributed by atoms with Crippen LogP contribution in [0.4, 0.5) is 17.1 Å². The molecule has 2 aromatic carbocycles. The molecular formula is C20H24Cl2N4O2. The first kappa shape index (κ1) is 20.6. The maximum absolute atomic E-state index is 12.6. The van der Waals surface area contributed by atoms with E-state index in [1.54, 1.807) is 6.07 Å². The zero-order chi connectivity index (χ0) is 20.3. The van der Waals surface area contributed by atoms with Gasteiger partial charge in [-0.05, 0) is 36.9 Å². The normalized spacial score (nSPS) is 14.8. The molecule has 3 rings (SSSR count). The fourth-order valence-electron chi connectivity index (χ4n) is 3.31. The predicted octanol–water partition coefficient (Wildman–Crippen LogP) is 3.98. The van der Waals surface area contributed by atoms with Crippen LogP contribution in [0.3, 0.4) is 0 Å². The lowest BCUT2D eigenvalue weighted by Crippen LogP contribution is -2.46. The molecule has 28 heavy (non-hydrogen) atoms. The molecule has 8 heteroatoms. The van der Waals surface area contributed by atoms with Gasteiger partial charge < -0.3 is 25.6 Å². The van der Waals surface area contributed by atoms with E-state index in [-0.39, 0.29) is 16.0 Å². The maximum Gasteiger partial charge on any atom is 0.255 e. The molecule has 0 radical (unpaired) electrons. The first-order valence-electron chi connectivity index (χ1n) is 9.14. The molecule has 1 amide bonds. The summed E-state index contributed by atoms with van der Waals surface area (Å²) in [7, 11) is 1.47. The highest BCUT2D eigenvalue weighted by Crippen LogP contribution is 2.34. The Hall–Kier alpha value is -2.15. The third-order valence-corrected chi connectivity index (χ3v) is 5.47. The SMILES string of the molecule is CCN1CCN(c2ccc(NC(=O)c3cc(Cl)c(OC)c(Cl)c3)cc2N)CC1. The van der Waals surface area contributed by atoms with Gasteiger partial charge in [-0.3, -0.25) is 4.79 Å². The Balaban J connectivity index is 1.72. The zero-order valence-electron chi connectivity index (χ0n) is 16.0. The smallest absolute Gasteiger partial charge is 0.255 e. The molecule has 0 saturated carbocycles. The Morgan fingerprint density at radius 2 is 1.79 bits per heavy atom. The van der Waals surface area contributed by atoms with Crippen molar-refractivity contribution in [1.29, 1.82) is 0 Å². The number of ether oxygens (including phenoxy) is 1. The van der Waals surface area contributed by atoms with Crippen LogP contribution >= 0.6 is 23.2 Å². The van der Waals surface area contributed by atoms with Gasteiger partial charge in [-0.25, -0.2) is 0 Å². The van der Waals surface area contributed by atoms with E-state index in [1.165, 1.54) is 19.2 Å². The van der Waals surface area contributed by atoms with Crippen LogP contribution in [0.25, 0.3) is 0 Å². The zero-order valence-corrected chi connectivity index (χ0v) is 17.5. The average Bonchev–Trinajstić information content (AvgIpc) is 2.68. The number of carbonyl (C=O) groups excluding carboxylic acids is 1. The molecule has 0 aliphatic carbocycles. The Morgan fingerprint density at radius 3 is 2.32 bits per heavy atom. The summed E-state index contributed by atoms with van der Waals surface area (Å²) in [6.07, 6.45) is 0. The summed E-state index contributed by atoms with van der Waals surface area (Å²) in [5.41, 5.74) is 8.83. The molecule has 0 atom stereocenters. The Labute approximate surface area is 175 Å². The molecule has 2 aromatic rings. The molecule has 0 aromatic heterocycles.